The predicted octanol–water partition coefficient (Wildman–Crippen LogP) is 1.47. The molecule has 3 rings (SSSR count). The Morgan fingerprint density at radius 1 is 0.765 bits per heavy atom. The van der Waals surface area contributed by atoms with Crippen LogP contribution in [-0.4, -0.2) is 59.3 Å². The van der Waals surface area contributed by atoms with Crippen LogP contribution in [0.15, 0.2) is 40.9 Å². The monoisotopic (exact) mass is 704 g/mol. The van der Waals surface area contributed by atoms with Crippen LogP contribution in [0.2, 0.25) is 0 Å². The fraction of sp³-hybridized carbons (Fsp3) is 0.409. The standard InChI is InChI=1S/C8H6BrF3.C8H6F3.C4H8O.C2H5.2BrH.2Mg/c1-5-2-6(8(10,11)12)4-7(9)3-5;1-6-3-2-4-7(5-6)8(9,10)11;1-2-4-5-3-1;1-2;;;;/h2-4H,1H3;3-5H,1H3;1-4H2;1H2,2H3;2*1H;;/q;-1;;-1;;;2*+2/p-2. The summed E-state index contributed by atoms with van der Waals surface area (Å²) in [6, 6.07) is 9.77. The van der Waals surface area contributed by atoms with E-state index in [2.05, 4.69) is 28.9 Å². The molecular weight excluding hydrogens is 683 g/mol. The molecule has 1 aliphatic rings. The molecule has 34 heavy (non-hydrogen) atoms. The molecule has 0 unspecified atom stereocenters. The van der Waals surface area contributed by atoms with Crippen molar-refractivity contribution in [2.75, 3.05) is 13.2 Å². The quantitative estimate of drug-likeness (QED) is 0.229. The van der Waals surface area contributed by atoms with Crippen molar-refractivity contribution in [2.24, 2.45) is 0 Å². The van der Waals surface area contributed by atoms with E-state index in [1.807, 2.05) is 0 Å². The molecular formula is C22H25Br3F6Mg2O. The van der Waals surface area contributed by atoms with E-state index in [1.165, 1.54) is 18.9 Å². The van der Waals surface area contributed by atoms with Crippen LogP contribution in [-0.2, 0) is 17.1 Å². The Kier molecular flexibility index (Phi) is 30.5. The van der Waals surface area contributed by atoms with E-state index in [1.54, 1.807) is 26.8 Å². The van der Waals surface area contributed by atoms with Gasteiger partial charge in [-0.2, -0.15) is 63.1 Å². The molecule has 2 aromatic rings. The molecule has 1 fully saturated rings. The average molecular weight is 708 g/mol. The molecule has 1 saturated heterocycles. The molecule has 0 spiro atoms. The van der Waals surface area contributed by atoms with E-state index in [9.17, 15) is 26.3 Å². The SMILES string of the molecule is C1CCOC1.Cc1c[c-]cc(C(F)(F)F)c1.Cc1cc(Br)cc(C(F)(F)F)c1.[Br-].[Br-].[CH2-]C.[Mg+2].[Mg+2]. The smallest absolute Gasteiger partial charge is 1.00 e. The van der Waals surface area contributed by atoms with Gasteiger partial charge in [-0.05, 0) is 43.5 Å². The number of benzene rings is 2. The van der Waals surface area contributed by atoms with Crippen LogP contribution >= 0.6 is 15.9 Å². The van der Waals surface area contributed by atoms with Crippen molar-refractivity contribution < 1.29 is 65.0 Å². The number of ether oxygens (including phenoxy) is 1. The van der Waals surface area contributed by atoms with Gasteiger partial charge in [0, 0.05) is 17.7 Å². The van der Waals surface area contributed by atoms with E-state index >= 15 is 0 Å². The van der Waals surface area contributed by atoms with Crippen molar-refractivity contribution >= 4 is 62.0 Å². The number of rotatable bonds is 0. The molecule has 0 atom stereocenters. The summed E-state index contributed by atoms with van der Waals surface area (Å²) in [4.78, 5) is 0. The van der Waals surface area contributed by atoms with Gasteiger partial charge >= 0.3 is 58.5 Å². The Bertz CT molecular complexity index is 728. The summed E-state index contributed by atoms with van der Waals surface area (Å²) in [5, 5.41) is 0. The van der Waals surface area contributed by atoms with E-state index in [0.29, 0.717) is 15.6 Å². The Morgan fingerprint density at radius 2 is 1.21 bits per heavy atom. The molecule has 0 radical (unpaired) electrons. The van der Waals surface area contributed by atoms with E-state index in [4.69, 9.17) is 4.74 Å². The van der Waals surface area contributed by atoms with E-state index < -0.39 is 23.5 Å². The van der Waals surface area contributed by atoms with Crippen LogP contribution < -0.4 is 34.0 Å². The van der Waals surface area contributed by atoms with Gasteiger partial charge in [0.1, 0.15) is 0 Å². The molecule has 12 heteroatoms. The Balaban J connectivity index is -0.000000119. The zero-order valence-electron chi connectivity index (χ0n) is 19.2. The summed E-state index contributed by atoms with van der Waals surface area (Å²) in [5.74, 6) is 0. The fourth-order valence-corrected chi connectivity index (χ4v) is 2.77. The van der Waals surface area contributed by atoms with E-state index in [-0.39, 0.29) is 80.1 Å². The van der Waals surface area contributed by atoms with Crippen molar-refractivity contribution in [2.45, 2.75) is 46.0 Å². The summed E-state index contributed by atoms with van der Waals surface area (Å²) >= 11 is 3.01. The molecule has 186 valence electrons. The largest absolute Gasteiger partial charge is 2.00 e. The second kappa shape index (κ2) is 23.1. The first kappa shape index (κ1) is 44.9. The van der Waals surface area contributed by atoms with Gasteiger partial charge in [-0.1, -0.05) is 28.4 Å². The third kappa shape index (κ3) is 21.1. The minimum atomic E-state index is -4.26. The maximum atomic E-state index is 12.1. The summed E-state index contributed by atoms with van der Waals surface area (Å²) in [7, 11) is 0. The van der Waals surface area contributed by atoms with Crippen molar-refractivity contribution in [3.8, 4) is 0 Å². The maximum Gasteiger partial charge on any atom is 2.00 e. The number of hydrogen-bond donors (Lipinski definition) is 0. The minimum Gasteiger partial charge on any atom is -1.00 e. The van der Waals surface area contributed by atoms with Crippen LogP contribution in [0.5, 0.6) is 0 Å². The molecule has 0 saturated carbocycles. The summed E-state index contributed by atoms with van der Waals surface area (Å²) < 4.78 is 77.6. The molecule has 0 aromatic heterocycles. The molecule has 0 N–H and O–H groups in total. The fourth-order valence-electron chi connectivity index (χ4n) is 2.17. The number of hydrogen-bond acceptors (Lipinski definition) is 1. The van der Waals surface area contributed by atoms with Gasteiger partial charge in [0.2, 0.25) is 0 Å². The first-order valence-corrected chi connectivity index (χ1v) is 9.86. The Morgan fingerprint density at radius 3 is 1.50 bits per heavy atom. The minimum absolute atomic E-state index is 0. The summed E-state index contributed by atoms with van der Waals surface area (Å²) in [5.41, 5.74) is -0.0941. The van der Waals surface area contributed by atoms with Crippen LogP contribution in [0, 0.1) is 26.8 Å². The second-order valence-electron chi connectivity index (χ2n) is 6.13. The zero-order chi connectivity index (χ0) is 23.4. The van der Waals surface area contributed by atoms with Crippen LogP contribution in [0.1, 0.15) is 42.0 Å². The average Bonchev–Trinajstić information content (AvgIpc) is 3.22. The third-order valence-corrected chi connectivity index (χ3v) is 3.91. The third-order valence-electron chi connectivity index (χ3n) is 3.46. The Labute approximate surface area is 260 Å². The van der Waals surface area contributed by atoms with E-state index in [0.717, 1.165) is 37.5 Å². The molecule has 1 heterocycles. The molecule has 2 aromatic carbocycles. The zero-order valence-corrected chi connectivity index (χ0v) is 26.8. The van der Waals surface area contributed by atoms with Crippen LogP contribution in [0.4, 0.5) is 26.3 Å². The van der Waals surface area contributed by atoms with Gasteiger partial charge < -0.3 is 45.6 Å². The summed E-state index contributed by atoms with van der Waals surface area (Å²) in [6.45, 7) is 10.2. The van der Waals surface area contributed by atoms with Gasteiger partial charge in [0.15, 0.2) is 0 Å². The number of aryl methyl sites for hydroxylation is 2. The van der Waals surface area contributed by atoms with Gasteiger partial charge in [-0.15, -0.1) is 0 Å². The molecule has 0 amide bonds. The number of halogens is 9. The van der Waals surface area contributed by atoms with Crippen LogP contribution in [0.25, 0.3) is 0 Å². The normalized spacial score (nSPS) is 11.6. The van der Waals surface area contributed by atoms with Gasteiger partial charge in [0.25, 0.3) is 0 Å². The maximum absolute atomic E-state index is 12.1. The summed E-state index contributed by atoms with van der Waals surface area (Å²) in [6.07, 6.45) is -5.95. The second-order valence-corrected chi connectivity index (χ2v) is 7.05. The van der Waals surface area contributed by atoms with Gasteiger partial charge in [-0.3, -0.25) is 0 Å². The first-order valence-electron chi connectivity index (χ1n) is 9.07. The molecule has 0 bridgehead atoms. The van der Waals surface area contributed by atoms with Crippen molar-refractivity contribution in [3.63, 3.8) is 0 Å². The Hall–Kier alpha value is 0.952. The molecule has 1 nitrogen and oxygen atoms in total. The van der Waals surface area contributed by atoms with Crippen molar-refractivity contribution in [3.05, 3.63) is 76.1 Å². The van der Waals surface area contributed by atoms with Gasteiger partial charge in [-0.25, -0.2) is 0 Å². The van der Waals surface area contributed by atoms with Crippen LogP contribution in [0.3, 0.4) is 0 Å². The van der Waals surface area contributed by atoms with Crippen molar-refractivity contribution in [1.82, 2.24) is 0 Å². The predicted molar refractivity (Wildman–Crippen MR) is 121 cm³/mol. The van der Waals surface area contributed by atoms with Gasteiger partial charge in [0.05, 0.1) is 5.56 Å². The number of alkyl halides is 6. The topological polar surface area (TPSA) is 9.23 Å². The molecule has 1 aliphatic heterocycles. The molecule has 0 aliphatic carbocycles. The van der Waals surface area contributed by atoms with Crippen molar-refractivity contribution in [1.29, 1.82) is 0 Å². The first-order chi connectivity index (χ1) is 13.9.